The van der Waals surface area contributed by atoms with E-state index in [1.54, 1.807) is 4.90 Å². The molecule has 0 radical (unpaired) electrons. The third-order valence-electron chi connectivity index (χ3n) is 1.95. The van der Waals surface area contributed by atoms with Crippen LogP contribution in [-0.4, -0.2) is 42.4 Å². The molecule has 0 aromatic carbocycles. The minimum atomic E-state index is -0.269. The van der Waals surface area contributed by atoms with E-state index in [0.29, 0.717) is 26.1 Å². The largest absolute Gasteiger partial charge is 0.449 e. The maximum atomic E-state index is 11.4. The van der Waals surface area contributed by atoms with Crippen molar-refractivity contribution in [3.05, 3.63) is 0 Å². The summed E-state index contributed by atoms with van der Waals surface area (Å²) in [7, 11) is 0. The van der Waals surface area contributed by atoms with Gasteiger partial charge in [-0.15, -0.1) is 0 Å². The van der Waals surface area contributed by atoms with Gasteiger partial charge in [-0.25, -0.2) is 4.79 Å². The fourth-order valence-corrected chi connectivity index (χ4v) is 1.04. The molecule has 0 aromatic rings. The first-order valence-electron chi connectivity index (χ1n) is 5.28. The number of carbonyl (C=O) groups is 1. The van der Waals surface area contributed by atoms with Crippen LogP contribution in [0.4, 0.5) is 4.79 Å². The molecule has 1 amide bonds. The minimum Gasteiger partial charge on any atom is -0.449 e. The molecule has 0 bridgehead atoms. The van der Waals surface area contributed by atoms with Crippen LogP contribution in [-0.2, 0) is 4.74 Å². The van der Waals surface area contributed by atoms with E-state index in [-0.39, 0.29) is 12.7 Å². The van der Waals surface area contributed by atoms with Crippen molar-refractivity contribution in [2.24, 2.45) is 0 Å². The van der Waals surface area contributed by atoms with Gasteiger partial charge in [0.05, 0.1) is 6.61 Å². The second-order valence-electron chi connectivity index (χ2n) is 3.12. The Hall–Kier alpha value is -0.770. The molecule has 0 aliphatic rings. The maximum absolute atomic E-state index is 11.4. The number of aliphatic hydroxyl groups is 1. The number of hydrogen-bond donors (Lipinski definition) is 1. The third-order valence-corrected chi connectivity index (χ3v) is 1.95. The van der Waals surface area contributed by atoms with Gasteiger partial charge in [0.15, 0.2) is 0 Å². The van der Waals surface area contributed by atoms with Crippen molar-refractivity contribution >= 4 is 6.09 Å². The van der Waals surface area contributed by atoms with Gasteiger partial charge in [-0.05, 0) is 19.8 Å². The van der Waals surface area contributed by atoms with Crippen LogP contribution in [0.2, 0.25) is 0 Å². The van der Waals surface area contributed by atoms with Gasteiger partial charge < -0.3 is 14.7 Å². The smallest absolute Gasteiger partial charge is 0.409 e. The molecule has 0 aliphatic heterocycles. The van der Waals surface area contributed by atoms with Crippen LogP contribution >= 0.6 is 0 Å². The average molecular weight is 203 g/mol. The zero-order chi connectivity index (χ0) is 10.8. The molecule has 0 saturated heterocycles. The van der Waals surface area contributed by atoms with Crippen LogP contribution in [0.25, 0.3) is 0 Å². The standard InChI is InChI=1S/C10H21NO3/c1-3-5-9-14-10(13)11(4-2)7-6-8-12/h12H,3-9H2,1-2H3. The molecule has 0 saturated carbocycles. The van der Waals surface area contributed by atoms with Crippen LogP contribution in [0, 0.1) is 0 Å². The summed E-state index contributed by atoms with van der Waals surface area (Å²) in [6, 6.07) is 0. The topological polar surface area (TPSA) is 49.8 Å². The molecule has 4 nitrogen and oxygen atoms in total. The number of nitrogens with zero attached hydrogens (tertiary/aromatic N) is 1. The van der Waals surface area contributed by atoms with E-state index in [0.717, 1.165) is 12.8 Å². The van der Waals surface area contributed by atoms with Gasteiger partial charge in [0.2, 0.25) is 0 Å². The van der Waals surface area contributed by atoms with Crippen LogP contribution in [0.1, 0.15) is 33.1 Å². The molecule has 0 aromatic heterocycles. The number of unbranched alkanes of at least 4 members (excludes halogenated alkanes) is 1. The molecule has 0 aliphatic carbocycles. The van der Waals surface area contributed by atoms with Crippen LogP contribution in [0.3, 0.4) is 0 Å². The summed E-state index contributed by atoms with van der Waals surface area (Å²) < 4.78 is 5.04. The molecule has 0 unspecified atom stereocenters. The molecule has 84 valence electrons. The van der Waals surface area contributed by atoms with E-state index >= 15 is 0 Å². The van der Waals surface area contributed by atoms with Crippen molar-refractivity contribution in [1.82, 2.24) is 4.90 Å². The lowest BCUT2D eigenvalue weighted by Crippen LogP contribution is -2.32. The average Bonchev–Trinajstić information content (AvgIpc) is 2.19. The van der Waals surface area contributed by atoms with Crippen molar-refractivity contribution in [2.75, 3.05) is 26.3 Å². The van der Waals surface area contributed by atoms with E-state index < -0.39 is 0 Å². The lowest BCUT2D eigenvalue weighted by molar-refractivity contribution is 0.100. The van der Waals surface area contributed by atoms with Crippen LogP contribution < -0.4 is 0 Å². The second kappa shape index (κ2) is 8.81. The van der Waals surface area contributed by atoms with Gasteiger partial charge in [0.25, 0.3) is 0 Å². The van der Waals surface area contributed by atoms with Crippen LogP contribution in [0.5, 0.6) is 0 Å². The normalized spacial score (nSPS) is 9.93. The van der Waals surface area contributed by atoms with E-state index in [1.807, 2.05) is 6.92 Å². The Morgan fingerprint density at radius 3 is 2.57 bits per heavy atom. The molecule has 0 rings (SSSR count). The molecule has 14 heavy (non-hydrogen) atoms. The highest BCUT2D eigenvalue weighted by Crippen LogP contribution is 1.97. The number of hydrogen-bond acceptors (Lipinski definition) is 3. The first kappa shape index (κ1) is 13.2. The molecule has 0 fully saturated rings. The minimum absolute atomic E-state index is 0.110. The van der Waals surface area contributed by atoms with Gasteiger partial charge in [-0.3, -0.25) is 0 Å². The Kier molecular flexibility index (Phi) is 8.33. The Morgan fingerprint density at radius 2 is 2.07 bits per heavy atom. The fourth-order valence-electron chi connectivity index (χ4n) is 1.04. The van der Waals surface area contributed by atoms with Crippen molar-refractivity contribution in [1.29, 1.82) is 0 Å². The second-order valence-corrected chi connectivity index (χ2v) is 3.12. The lowest BCUT2D eigenvalue weighted by atomic mass is 10.4. The summed E-state index contributed by atoms with van der Waals surface area (Å²) in [6.07, 6.45) is 2.27. The van der Waals surface area contributed by atoms with Gasteiger partial charge in [-0.2, -0.15) is 0 Å². The predicted molar refractivity (Wildman–Crippen MR) is 55.2 cm³/mol. The SMILES string of the molecule is CCCCOC(=O)N(CC)CCCO. The summed E-state index contributed by atoms with van der Waals surface area (Å²) in [6.45, 7) is 5.75. The van der Waals surface area contributed by atoms with Gasteiger partial charge >= 0.3 is 6.09 Å². The molecule has 0 spiro atoms. The van der Waals surface area contributed by atoms with E-state index in [1.165, 1.54) is 0 Å². The van der Waals surface area contributed by atoms with Gasteiger partial charge in [-0.1, -0.05) is 13.3 Å². The fraction of sp³-hybridized carbons (Fsp3) is 0.900. The third kappa shape index (κ3) is 5.80. The summed E-state index contributed by atoms with van der Waals surface area (Å²) in [5.41, 5.74) is 0. The van der Waals surface area contributed by atoms with Gasteiger partial charge in [0.1, 0.15) is 0 Å². The summed E-state index contributed by atoms with van der Waals surface area (Å²) in [5.74, 6) is 0. The zero-order valence-corrected chi connectivity index (χ0v) is 9.16. The van der Waals surface area contributed by atoms with Gasteiger partial charge in [0, 0.05) is 19.7 Å². The molecule has 0 heterocycles. The summed E-state index contributed by atoms with van der Waals surface area (Å²) in [5, 5.41) is 8.63. The molecule has 1 N–H and O–H groups in total. The highest BCUT2D eigenvalue weighted by Gasteiger charge is 2.11. The number of carbonyl (C=O) groups excluding carboxylic acids is 1. The monoisotopic (exact) mass is 203 g/mol. The van der Waals surface area contributed by atoms with E-state index in [4.69, 9.17) is 9.84 Å². The predicted octanol–water partition coefficient (Wildman–Crippen LogP) is 1.63. The highest BCUT2D eigenvalue weighted by atomic mass is 16.6. The maximum Gasteiger partial charge on any atom is 0.409 e. The first-order chi connectivity index (χ1) is 6.76. The van der Waals surface area contributed by atoms with Crippen molar-refractivity contribution in [2.45, 2.75) is 33.1 Å². The number of ether oxygens (including phenoxy) is 1. The summed E-state index contributed by atoms with van der Waals surface area (Å²) >= 11 is 0. The zero-order valence-electron chi connectivity index (χ0n) is 9.16. The molecule has 0 atom stereocenters. The van der Waals surface area contributed by atoms with Crippen molar-refractivity contribution < 1.29 is 14.6 Å². The number of rotatable bonds is 7. The van der Waals surface area contributed by atoms with Crippen LogP contribution in [0.15, 0.2) is 0 Å². The molecule has 4 heteroatoms. The summed E-state index contributed by atoms with van der Waals surface area (Å²) in [4.78, 5) is 13.0. The Bertz CT molecular complexity index is 150. The number of aliphatic hydroxyl groups excluding tert-OH is 1. The number of amides is 1. The van der Waals surface area contributed by atoms with E-state index in [2.05, 4.69) is 6.92 Å². The van der Waals surface area contributed by atoms with E-state index in [9.17, 15) is 4.79 Å². The Labute approximate surface area is 85.9 Å². The lowest BCUT2D eigenvalue weighted by Gasteiger charge is -2.19. The quantitative estimate of drug-likeness (QED) is 0.640. The molecular formula is C10H21NO3. The van der Waals surface area contributed by atoms with Crippen molar-refractivity contribution in [3.63, 3.8) is 0 Å². The first-order valence-corrected chi connectivity index (χ1v) is 5.28. The van der Waals surface area contributed by atoms with Crippen molar-refractivity contribution in [3.8, 4) is 0 Å². The Morgan fingerprint density at radius 1 is 1.36 bits per heavy atom. The molecular weight excluding hydrogens is 182 g/mol. The Balaban J connectivity index is 3.67. The highest BCUT2D eigenvalue weighted by molar-refractivity contribution is 5.67.